The van der Waals surface area contributed by atoms with Gasteiger partial charge in [0.05, 0.1) is 13.2 Å². The zero-order chi connectivity index (χ0) is 15.6. The second kappa shape index (κ2) is 5.92. The van der Waals surface area contributed by atoms with Gasteiger partial charge >= 0.3 is 5.69 Å². The molecule has 4 atom stereocenters. The molecule has 0 bridgehead atoms. The fourth-order valence-corrected chi connectivity index (χ4v) is 2.12. The van der Waals surface area contributed by atoms with Gasteiger partial charge in [0, 0.05) is 12.3 Å². The van der Waals surface area contributed by atoms with E-state index in [0.29, 0.717) is 0 Å². The van der Waals surface area contributed by atoms with Crippen molar-refractivity contribution in [2.24, 2.45) is 0 Å². The van der Waals surface area contributed by atoms with Crippen LogP contribution in [-0.4, -0.2) is 56.1 Å². The zero-order valence-corrected chi connectivity index (χ0v) is 11.0. The number of nitrogens with one attached hydrogen (secondary N) is 1. The summed E-state index contributed by atoms with van der Waals surface area (Å²) < 4.78 is 11.3. The van der Waals surface area contributed by atoms with Gasteiger partial charge in [-0.25, -0.2) is 4.79 Å². The van der Waals surface area contributed by atoms with Gasteiger partial charge < -0.3 is 24.8 Å². The highest BCUT2D eigenvalue weighted by Gasteiger charge is 2.57. The maximum absolute atomic E-state index is 11.8. The lowest BCUT2D eigenvalue weighted by atomic mass is 10.1. The van der Waals surface area contributed by atoms with Crippen LogP contribution in [0.1, 0.15) is 6.23 Å². The average Bonchev–Trinajstić information content (AvgIpc) is 2.70. The van der Waals surface area contributed by atoms with Gasteiger partial charge in [-0.3, -0.25) is 14.3 Å². The lowest BCUT2D eigenvalue weighted by Gasteiger charge is -2.31. The molecule has 0 aliphatic carbocycles. The second-order valence-electron chi connectivity index (χ2n) is 4.52. The van der Waals surface area contributed by atoms with E-state index in [2.05, 4.69) is 6.58 Å². The van der Waals surface area contributed by atoms with Gasteiger partial charge in [-0.15, -0.1) is 6.58 Å². The lowest BCUT2D eigenvalue weighted by Crippen LogP contribution is -2.51. The van der Waals surface area contributed by atoms with E-state index in [1.54, 1.807) is 0 Å². The topological polar surface area (TPSA) is 134 Å². The standard InChI is InChI=1S/C12H16N2O7/c1-2-5-20-12(19)9(17)7(6-15)21-10(12)14-4-3-8(16)13-11(14)18/h2-4,7,9-10,15,17,19H,1,5-6H2,(H,13,16,18)/t7-,9-,10-,12+/m1/s1. The highest BCUT2D eigenvalue weighted by atomic mass is 16.7. The van der Waals surface area contributed by atoms with Gasteiger partial charge in [-0.05, 0) is 0 Å². The highest BCUT2D eigenvalue weighted by Crippen LogP contribution is 2.38. The van der Waals surface area contributed by atoms with Gasteiger partial charge in [0.15, 0.2) is 6.23 Å². The number of aliphatic hydroxyl groups excluding tert-OH is 2. The Morgan fingerprint density at radius 1 is 1.57 bits per heavy atom. The van der Waals surface area contributed by atoms with Crippen LogP contribution in [0.25, 0.3) is 0 Å². The summed E-state index contributed by atoms with van der Waals surface area (Å²) in [6, 6.07) is 1.05. The Bertz CT molecular complexity index is 625. The van der Waals surface area contributed by atoms with Gasteiger partial charge in [0.1, 0.15) is 12.2 Å². The molecule has 1 aliphatic rings. The molecule has 1 aliphatic heterocycles. The molecule has 21 heavy (non-hydrogen) atoms. The zero-order valence-electron chi connectivity index (χ0n) is 11.0. The average molecular weight is 300 g/mol. The van der Waals surface area contributed by atoms with Crippen molar-refractivity contribution >= 4 is 0 Å². The number of nitrogens with zero attached hydrogens (tertiary/aromatic N) is 1. The molecule has 4 N–H and O–H groups in total. The monoisotopic (exact) mass is 300 g/mol. The predicted molar refractivity (Wildman–Crippen MR) is 69.4 cm³/mol. The Morgan fingerprint density at radius 2 is 2.29 bits per heavy atom. The Morgan fingerprint density at radius 3 is 2.86 bits per heavy atom. The van der Waals surface area contributed by atoms with Crippen LogP contribution in [0.15, 0.2) is 34.5 Å². The third-order valence-corrected chi connectivity index (χ3v) is 3.15. The summed E-state index contributed by atoms with van der Waals surface area (Å²) in [4.78, 5) is 24.9. The quantitative estimate of drug-likeness (QED) is 0.354. The van der Waals surface area contributed by atoms with E-state index in [0.717, 1.165) is 16.8 Å². The van der Waals surface area contributed by atoms with Crippen LogP contribution < -0.4 is 11.2 Å². The molecular formula is C12H16N2O7. The highest BCUT2D eigenvalue weighted by molar-refractivity contribution is 4.98. The van der Waals surface area contributed by atoms with E-state index in [1.165, 1.54) is 6.08 Å². The number of aliphatic hydroxyl groups is 3. The van der Waals surface area contributed by atoms with E-state index in [-0.39, 0.29) is 6.61 Å². The Balaban J connectivity index is 2.45. The van der Waals surface area contributed by atoms with Crippen LogP contribution >= 0.6 is 0 Å². The molecule has 0 saturated carbocycles. The van der Waals surface area contributed by atoms with Crippen LogP contribution in [0, 0.1) is 0 Å². The largest absolute Gasteiger partial charge is 0.394 e. The molecule has 1 aromatic heterocycles. The minimum Gasteiger partial charge on any atom is -0.394 e. The molecule has 0 aromatic carbocycles. The van der Waals surface area contributed by atoms with Gasteiger partial charge in [0.2, 0.25) is 5.79 Å². The molecule has 9 heteroatoms. The van der Waals surface area contributed by atoms with E-state index < -0.39 is 42.1 Å². The normalized spacial score (nSPS) is 32.2. The first-order valence-electron chi connectivity index (χ1n) is 6.17. The number of rotatable bonds is 5. The number of aromatic amines is 1. The molecule has 0 unspecified atom stereocenters. The van der Waals surface area contributed by atoms with Crippen molar-refractivity contribution in [3.8, 4) is 0 Å². The van der Waals surface area contributed by atoms with Crippen LogP contribution in [-0.2, 0) is 9.47 Å². The second-order valence-corrected chi connectivity index (χ2v) is 4.52. The molecule has 0 radical (unpaired) electrons. The third kappa shape index (κ3) is 2.69. The predicted octanol–water partition coefficient (Wildman–Crippen LogP) is -2.32. The number of aromatic nitrogens is 2. The van der Waals surface area contributed by atoms with Crippen LogP contribution in [0.5, 0.6) is 0 Å². The maximum atomic E-state index is 11.8. The fourth-order valence-electron chi connectivity index (χ4n) is 2.12. The van der Waals surface area contributed by atoms with Crippen molar-refractivity contribution in [2.45, 2.75) is 24.2 Å². The van der Waals surface area contributed by atoms with Crippen molar-refractivity contribution in [1.29, 1.82) is 0 Å². The Kier molecular flexibility index (Phi) is 4.40. The summed E-state index contributed by atoms with van der Waals surface area (Å²) in [7, 11) is 0. The molecule has 1 fully saturated rings. The van der Waals surface area contributed by atoms with Crippen molar-refractivity contribution < 1.29 is 24.8 Å². The molecule has 9 nitrogen and oxygen atoms in total. The molecule has 2 heterocycles. The Labute approximate surface area is 118 Å². The van der Waals surface area contributed by atoms with Crippen LogP contribution in [0.4, 0.5) is 0 Å². The van der Waals surface area contributed by atoms with Crippen LogP contribution in [0.3, 0.4) is 0 Å². The smallest absolute Gasteiger partial charge is 0.330 e. The number of hydrogen-bond donors (Lipinski definition) is 4. The summed E-state index contributed by atoms with van der Waals surface area (Å²) in [6.07, 6.45) is -1.74. The van der Waals surface area contributed by atoms with Crippen molar-refractivity contribution in [3.05, 3.63) is 45.8 Å². The van der Waals surface area contributed by atoms with E-state index in [9.17, 15) is 19.8 Å². The first-order chi connectivity index (χ1) is 9.93. The summed E-state index contributed by atoms with van der Waals surface area (Å²) in [5.74, 6) is -2.27. The SMILES string of the molecule is C=CCO[C@@]1(O)[C@H](O)[C@@H](CO)O[C@H]1n1ccc(=O)[nH]c1=O. The molecule has 2 rings (SSSR count). The van der Waals surface area contributed by atoms with E-state index in [1.807, 2.05) is 4.98 Å². The van der Waals surface area contributed by atoms with Gasteiger partial charge in [-0.2, -0.15) is 0 Å². The maximum Gasteiger partial charge on any atom is 0.330 e. The molecule has 1 saturated heterocycles. The molecular weight excluding hydrogens is 284 g/mol. The molecule has 0 spiro atoms. The minimum atomic E-state index is -2.27. The summed E-state index contributed by atoms with van der Waals surface area (Å²) in [6.45, 7) is 2.71. The van der Waals surface area contributed by atoms with Crippen molar-refractivity contribution in [1.82, 2.24) is 9.55 Å². The molecule has 116 valence electrons. The van der Waals surface area contributed by atoms with E-state index in [4.69, 9.17) is 14.6 Å². The summed E-state index contributed by atoms with van der Waals surface area (Å²) in [5, 5.41) is 29.7. The fraction of sp³-hybridized carbons (Fsp3) is 0.500. The van der Waals surface area contributed by atoms with Crippen molar-refractivity contribution in [2.75, 3.05) is 13.2 Å². The van der Waals surface area contributed by atoms with Crippen LogP contribution in [0.2, 0.25) is 0 Å². The van der Waals surface area contributed by atoms with Crippen molar-refractivity contribution in [3.63, 3.8) is 0 Å². The number of hydrogen-bond acceptors (Lipinski definition) is 7. The minimum absolute atomic E-state index is 0.121. The summed E-state index contributed by atoms with van der Waals surface area (Å²) >= 11 is 0. The first kappa shape index (κ1) is 15.6. The number of ether oxygens (including phenoxy) is 2. The van der Waals surface area contributed by atoms with Gasteiger partial charge in [-0.1, -0.05) is 6.08 Å². The molecule has 1 aromatic rings. The van der Waals surface area contributed by atoms with Gasteiger partial charge in [0.25, 0.3) is 5.56 Å². The first-order valence-corrected chi connectivity index (χ1v) is 6.17. The van der Waals surface area contributed by atoms with E-state index >= 15 is 0 Å². The lowest BCUT2D eigenvalue weighted by molar-refractivity contribution is -0.273. The Hall–Kier alpha value is -1.78. The number of H-pyrrole nitrogens is 1. The summed E-state index contributed by atoms with van der Waals surface area (Å²) in [5.41, 5.74) is -1.47. The molecule has 0 amide bonds. The third-order valence-electron chi connectivity index (χ3n) is 3.15.